The second-order valence-electron chi connectivity index (χ2n) is 2.82. The third-order valence-corrected chi connectivity index (χ3v) is 1.94. The topological polar surface area (TPSA) is 0 Å². The van der Waals surface area contributed by atoms with Crippen LogP contribution in [0.1, 0.15) is 12.0 Å². The average Bonchev–Trinajstić information content (AvgIpc) is 2.54. The van der Waals surface area contributed by atoms with Crippen LogP contribution in [0.2, 0.25) is 0 Å². The van der Waals surface area contributed by atoms with Crippen molar-refractivity contribution in [2.24, 2.45) is 0 Å². The van der Waals surface area contributed by atoms with Crippen LogP contribution in [0.25, 0.3) is 5.57 Å². The first kappa shape index (κ1) is 7.29. The number of hydrogen-bond acceptors (Lipinski definition) is 0. The van der Waals surface area contributed by atoms with Gasteiger partial charge in [0.05, 0.1) is 0 Å². The summed E-state index contributed by atoms with van der Waals surface area (Å²) in [6.07, 6.45) is 3.95. The van der Waals surface area contributed by atoms with Crippen molar-refractivity contribution in [2.75, 3.05) is 0 Å². The van der Waals surface area contributed by atoms with Crippen LogP contribution in [0, 0.1) is 0 Å². The molecule has 0 nitrogen and oxygen atoms in total. The van der Waals surface area contributed by atoms with E-state index in [9.17, 15) is 4.39 Å². The third-order valence-electron chi connectivity index (χ3n) is 1.94. The van der Waals surface area contributed by atoms with Crippen molar-refractivity contribution in [3.63, 3.8) is 0 Å². The second-order valence-corrected chi connectivity index (χ2v) is 2.82. The van der Waals surface area contributed by atoms with Gasteiger partial charge in [-0.15, -0.1) is 0 Å². The minimum absolute atomic E-state index is 0.0474. The van der Waals surface area contributed by atoms with Gasteiger partial charge in [0.25, 0.3) is 0 Å². The van der Waals surface area contributed by atoms with Gasteiger partial charge in [-0.2, -0.15) is 0 Å². The van der Waals surface area contributed by atoms with Gasteiger partial charge in [0, 0.05) is 6.42 Å². The summed E-state index contributed by atoms with van der Waals surface area (Å²) in [4.78, 5) is 0. The number of allylic oxidation sites excluding steroid dienone is 4. The lowest BCUT2D eigenvalue weighted by Crippen LogP contribution is -1.75. The molecule has 0 fully saturated rings. The van der Waals surface area contributed by atoms with E-state index < -0.39 is 0 Å². The summed E-state index contributed by atoms with van der Waals surface area (Å²) in [5.41, 5.74) is 2.08. The molecule has 2 rings (SSSR count). The van der Waals surface area contributed by atoms with Crippen LogP contribution in [0.5, 0.6) is 0 Å². The van der Waals surface area contributed by atoms with Gasteiger partial charge in [-0.1, -0.05) is 36.4 Å². The molecule has 1 aromatic carbocycles. The first-order valence-corrected chi connectivity index (χ1v) is 3.98. The second kappa shape index (κ2) is 2.94. The Morgan fingerprint density at radius 2 is 1.83 bits per heavy atom. The molecule has 1 aromatic rings. The minimum Gasteiger partial charge on any atom is -0.211 e. The molecule has 1 aliphatic carbocycles. The molecule has 0 saturated heterocycles. The van der Waals surface area contributed by atoms with Crippen LogP contribution >= 0.6 is 0 Å². The highest BCUT2D eigenvalue weighted by Crippen LogP contribution is 2.26. The Kier molecular flexibility index (Phi) is 1.78. The lowest BCUT2D eigenvalue weighted by molar-refractivity contribution is 0.624. The van der Waals surface area contributed by atoms with E-state index in [1.54, 1.807) is 6.08 Å². The summed E-state index contributed by atoms with van der Waals surface area (Å²) in [5, 5.41) is 0. The smallest absolute Gasteiger partial charge is 0.104 e. The summed E-state index contributed by atoms with van der Waals surface area (Å²) >= 11 is 0. The molecule has 0 radical (unpaired) electrons. The summed E-state index contributed by atoms with van der Waals surface area (Å²) < 4.78 is 12.7. The number of halogens is 1. The third kappa shape index (κ3) is 1.30. The highest BCUT2D eigenvalue weighted by Gasteiger charge is 2.06. The standard InChI is InChI=1S/C11H9F/c12-11-7-6-10(8-11)9-4-2-1-3-5-9/h1-6,8H,7H2. The van der Waals surface area contributed by atoms with E-state index in [4.69, 9.17) is 0 Å². The fraction of sp³-hybridized carbons (Fsp3) is 0.0909. The van der Waals surface area contributed by atoms with E-state index in [-0.39, 0.29) is 5.83 Å². The minimum atomic E-state index is -0.0474. The largest absolute Gasteiger partial charge is 0.211 e. The van der Waals surface area contributed by atoms with Crippen molar-refractivity contribution in [1.82, 2.24) is 0 Å². The highest BCUT2D eigenvalue weighted by molar-refractivity contribution is 5.76. The van der Waals surface area contributed by atoms with Crippen molar-refractivity contribution in [3.05, 3.63) is 53.9 Å². The number of rotatable bonds is 1. The Bertz CT molecular complexity index is 333. The van der Waals surface area contributed by atoms with Gasteiger partial charge in [-0.3, -0.25) is 0 Å². The highest BCUT2D eigenvalue weighted by atomic mass is 19.1. The van der Waals surface area contributed by atoms with Gasteiger partial charge < -0.3 is 0 Å². The molecule has 0 bridgehead atoms. The monoisotopic (exact) mass is 160 g/mol. The molecule has 0 unspecified atom stereocenters. The van der Waals surface area contributed by atoms with E-state index in [0.717, 1.165) is 11.1 Å². The number of benzene rings is 1. The lowest BCUT2D eigenvalue weighted by atomic mass is 10.1. The van der Waals surface area contributed by atoms with E-state index >= 15 is 0 Å². The van der Waals surface area contributed by atoms with Gasteiger partial charge >= 0.3 is 0 Å². The van der Waals surface area contributed by atoms with Crippen molar-refractivity contribution < 1.29 is 4.39 Å². The van der Waals surface area contributed by atoms with Gasteiger partial charge in [-0.05, 0) is 17.2 Å². The van der Waals surface area contributed by atoms with Crippen LogP contribution in [0.3, 0.4) is 0 Å². The molecule has 0 amide bonds. The molecule has 0 aliphatic heterocycles. The normalized spacial score (nSPS) is 15.8. The molecule has 60 valence electrons. The fourth-order valence-corrected chi connectivity index (χ4v) is 1.33. The van der Waals surface area contributed by atoms with Crippen LogP contribution in [-0.4, -0.2) is 0 Å². The van der Waals surface area contributed by atoms with Crippen molar-refractivity contribution >= 4 is 5.57 Å². The van der Waals surface area contributed by atoms with Gasteiger partial charge in [0.15, 0.2) is 0 Å². The average molecular weight is 160 g/mol. The molecule has 0 saturated carbocycles. The Morgan fingerprint density at radius 3 is 2.42 bits per heavy atom. The summed E-state index contributed by atoms with van der Waals surface area (Å²) in [5.74, 6) is -0.0474. The molecule has 0 aromatic heterocycles. The molecule has 1 aliphatic rings. The summed E-state index contributed by atoms with van der Waals surface area (Å²) in [7, 11) is 0. The first-order chi connectivity index (χ1) is 5.86. The Morgan fingerprint density at radius 1 is 1.08 bits per heavy atom. The summed E-state index contributed by atoms with van der Waals surface area (Å²) in [6, 6.07) is 9.85. The molecule has 0 atom stereocenters. The van der Waals surface area contributed by atoms with Crippen molar-refractivity contribution in [2.45, 2.75) is 6.42 Å². The summed E-state index contributed by atoms with van der Waals surface area (Å²) in [6.45, 7) is 0. The fourth-order valence-electron chi connectivity index (χ4n) is 1.33. The van der Waals surface area contributed by atoms with Gasteiger partial charge in [0.2, 0.25) is 0 Å². The van der Waals surface area contributed by atoms with Crippen LogP contribution < -0.4 is 0 Å². The molecular weight excluding hydrogens is 151 g/mol. The molecule has 0 spiro atoms. The van der Waals surface area contributed by atoms with Crippen LogP contribution in [0.4, 0.5) is 4.39 Å². The SMILES string of the molecule is FC1=CC(c2ccccc2)=CC1. The molecule has 1 heteroatoms. The van der Waals surface area contributed by atoms with Crippen LogP contribution in [0.15, 0.2) is 48.3 Å². The van der Waals surface area contributed by atoms with E-state index in [2.05, 4.69) is 0 Å². The van der Waals surface area contributed by atoms with Crippen LogP contribution in [-0.2, 0) is 0 Å². The Balaban J connectivity index is 2.34. The van der Waals surface area contributed by atoms with Crippen molar-refractivity contribution in [3.8, 4) is 0 Å². The molecule has 0 N–H and O–H groups in total. The predicted octanol–water partition coefficient (Wildman–Crippen LogP) is 3.33. The Hall–Kier alpha value is -1.37. The van der Waals surface area contributed by atoms with Gasteiger partial charge in [0.1, 0.15) is 5.83 Å². The first-order valence-electron chi connectivity index (χ1n) is 3.98. The molecule has 12 heavy (non-hydrogen) atoms. The maximum Gasteiger partial charge on any atom is 0.104 e. The maximum absolute atomic E-state index is 12.7. The zero-order valence-corrected chi connectivity index (χ0v) is 6.63. The van der Waals surface area contributed by atoms with Crippen molar-refractivity contribution in [1.29, 1.82) is 0 Å². The quantitative estimate of drug-likeness (QED) is 0.591. The van der Waals surface area contributed by atoms with E-state index in [1.807, 2.05) is 36.4 Å². The number of hydrogen-bond donors (Lipinski definition) is 0. The van der Waals surface area contributed by atoms with E-state index in [0.29, 0.717) is 6.42 Å². The molecular formula is C11H9F. The lowest BCUT2D eigenvalue weighted by Gasteiger charge is -1.96. The molecule has 0 heterocycles. The van der Waals surface area contributed by atoms with E-state index in [1.165, 1.54) is 0 Å². The maximum atomic E-state index is 12.7. The predicted molar refractivity (Wildman–Crippen MR) is 48.2 cm³/mol. The van der Waals surface area contributed by atoms with Gasteiger partial charge in [-0.25, -0.2) is 4.39 Å². The zero-order valence-electron chi connectivity index (χ0n) is 6.63. The zero-order chi connectivity index (χ0) is 8.39. The Labute approximate surface area is 71.0 Å².